The van der Waals surface area contributed by atoms with E-state index in [4.69, 9.17) is 11.6 Å². The van der Waals surface area contributed by atoms with Crippen molar-refractivity contribution in [1.29, 1.82) is 0 Å². The summed E-state index contributed by atoms with van der Waals surface area (Å²) in [5, 5.41) is 9.25. The van der Waals surface area contributed by atoms with E-state index in [1.54, 1.807) is 0 Å². The second-order valence-corrected chi connectivity index (χ2v) is 3.37. The molecule has 0 aliphatic carbocycles. The monoisotopic (exact) mass is 284 g/mol. The molecule has 1 rings (SSSR count). The average Bonchev–Trinajstić information content (AvgIpc) is 2.17. The van der Waals surface area contributed by atoms with E-state index in [1.807, 2.05) is 0 Å². The van der Waals surface area contributed by atoms with Crippen molar-refractivity contribution < 1.29 is 27.6 Å². The van der Waals surface area contributed by atoms with Crippen LogP contribution < -0.4 is 4.74 Å². The van der Waals surface area contributed by atoms with Crippen molar-refractivity contribution in [2.75, 3.05) is 0 Å². The van der Waals surface area contributed by atoms with Crippen molar-refractivity contribution in [2.45, 2.75) is 13.3 Å². The van der Waals surface area contributed by atoms with Gasteiger partial charge >= 0.3 is 12.2 Å². The van der Waals surface area contributed by atoms with Gasteiger partial charge in [-0.05, 0) is 28.4 Å². The van der Waals surface area contributed by atoms with Crippen molar-refractivity contribution in [3.63, 3.8) is 0 Å². The molecule has 0 radical (unpaired) electrons. The van der Waals surface area contributed by atoms with Crippen LogP contribution in [0.2, 0.25) is 0 Å². The topological polar surface area (TPSA) is 82.3 Å². The Bertz CT molecular complexity index is 518. The zero-order valence-electron chi connectivity index (χ0n) is 8.62. The van der Waals surface area contributed by atoms with Gasteiger partial charge in [0.05, 0.1) is 0 Å². The fourth-order valence-electron chi connectivity index (χ4n) is 1.17. The second kappa shape index (κ2) is 4.77. The molecular formula is C8H4ClF3N2O4. The van der Waals surface area contributed by atoms with Crippen molar-refractivity contribution >= 4 is 22.7 Å². The Kier molecular flexibility index (Phi) is 3.75. The highest BCUT2D eigenvalue weighted by Crippen LogP contribution is 2.31. The summed E-state index contributed by atoms with van der Waals surface area (Å²) in [6, 6.07) is 0. The number of rotatable bonds is 3. The zero-order valence-corrected chi connectivity index (χ0v) is 9.37. The molecule has 0 saturated carbocycles. The second-order valence-electron chi connectivity index (χ2n) is 3.02. The number of nitrogens with zero attached hydrogens (tertiary/aromatic N) is 2. The molecule has 0 N–H and O–H groups in total. The number of halogens is 4. The van der Waals surface area contributed by atoms with E-state index in [-0.39, 0.29) is 0 Å². The third-order valence-corrected chi connectivity index (χ3v) is 2.06. The van der Waals surface area contributed by atoms with Crippen LogP contribution in [0.25, 0.3) is 0 Å². The first-order valence-electron chi connectivity index (χ1n) is 4.23. The molecule has 10 heteroatoms. The molecule has 0 fully saturated rings. The van der Waals surface area contributed by atoms with Gasteiger partial charge in [-0.25, -0.2) is 0 Å². The number of pyridine rings is 1. The molecule has 0 aliphatic heterocycles. The first-order valence-corrected chi connectivity index (χ1v) is 4.61. The van der Waals surface area contributed by atoms with Gasteiger partial charge in [0.2, 0.25) is 0 Å². The Morgan fingerprint density at radius 2 is 2.11 bits per heavy atom. The minimum absolute atomic E-state index is 0.408. The molecule has 0 spiro atoms. The number of hydrogen-bond donors (Lipinski definition) is 0. The lowest BCUT2D eigenvalue weighted by atomic mass is 10.1. The van der Waals surface area contributed by atoms with Crippen molar-refractivity contribution in [1.82, 2.24) is 4.98 Å². The molecule has 18 heavy (non-hydrogen) atoms. The molecule has 0 saturated heterocycles. The fraction of sp³-hybridized carbons (Fsp3) is 0.250. The standard InChI is InChI=1S/C8H4ClF3N2O4/c1-3-4(18-8(10,11)12)2-13-7(14(16)17)5(3)6(9)15/h2H,1H3. The lowest BCUT2D eigenvalue weighted by Crippen LogP contribution is -2.19. The van der Waals surface area contributed by atoms with Crippen LogP contribution in [0, 0.1) is 17.0 Å². The van der Waals surface area contributed by atoms with Crippen LogP contribution in [0.15, 0.2) is 6.20 Å². The molecule has 0 aliphatic rings. The first-order chi connectivity index (χ1) is 8.13. The molecule has 1 heterocycles. The predicted molar refractivity (Wildman–Crippen MR) is 52.5 cm³/mol. The Hall–Kier alpha value is -1.90. The highest BCUT2D eigenvalue weighted by molar-refractivity contribution is 6.68. The summed E-state index contributed by atoms with van der Waals surface area (Å²) >= 11 is 5.08. The normalized spacial score (nSPS) is 11.2. The van der Waals surface area contributed by atoms with Crippen LogP contribution in [0.1, 0.15) is 15.9 Å². The maximum Gasteiger partial charge on any atom is 0.573 e. The molecule has 6 nitrogen and oxygen atoms in total. The number of ether oxygens (including phenoxy) is 1. The molecule has 1 aromatic heterocycles. The molecule has 0 bridgehead atoms. The van der Waals surface area contributed by atoms with Crippen LogP contribution in [0.3, 0.4) is 0 Å². The van der Waals surface area contributed by atoms with E-state index < -0.39 is 39.2 Å². The van der Waals surface area contributed by atoms with Crippen LogP contribution in [0.5, 0.6) is 5.75 Å². The summed E-state index contributed by atoms with van der Waals surface area (Å²) in [5.41, 5.74) is -1.14. The van der Waals surface area contributed by atoms with E-state index >= 15 is 0 Å². The highest BCUT2D eigenvalue weighted by Gasteiger charge is 2.35. The number of alkyl halides is 3. The zero-order chi connectivity index (χ0) is 14.1. The fourth-order valence-corrected chi connectivity index (χ4v) is 1.40. The molecule has 1 aromatic rings. The number of carbonyl (C=O) groups excluding carboxylic acids is 1. The smallest absolute Gasteiger partial charge is 0.401 e. The average molecular weight is 285 g/mol. The number of nitro groups is 1. The highest BCUT2D eigenvalue weighted by atomic mass is 35.5. The van der Waals surface area contributed by atoms with Gasteiger partial charge < -0.3 is 14.9 Å². The van der Waals surface area contributed by atoms with Gasteiger partial charge in [0.15, 0.2) is 11.9 Å². The Labute approximate surface area is 102 Å². The largest absolute Gasteiger partial charge is 0.573 e. The van der Waals surface area contributed by atoms with Gasteiger partial charge in [-0.2, -0.15) is 0 Å². The third-order valence-electron chi connectivity index (χ3n) is 1.87. The molecular weight excluding hydrogens is 281 g/mol. The van der Waals surface area contributed by atoms with E-state index in [2.05, 4.69) is 9.72 Å². The molecule has 0 amide bonds. The lowest BCUT2D eigenvalue weighted by molar-refractivity contribution is -0.389. The SMILES string of the molecule is Cc1c(OC(F)(F)F)cnc([N+](=O)[O-])c1C(=O)Cl. The summed E-state index contributed by atoms with van der Waals surface area (Å²) in [5.74, 6) is -1.75. The van der Waals surface area contributed by atoms with Crippen LogP contribution in [0.4, 0.5) is 19.0 Å². The maximum absolute atomic E-state index is 12.0. The number of hydrogen-bond acceptors (Lipinski definition) is 5. The molecule has 0 unspecified atom stereocenters. The van der Waals surface area contributed by atoms with Gasteiger partial charge in [0, 0.05) is 5.56 Å². The van der Waals surface area contributed by atoms with E-state index in [0.717, 1.165) is 6.92 Å². The van der Waals surface area contributed by atoms with Gasteiger partial charge in [-0.15, -0.1) is 13.2 Å². The minimum Gasteiger partial charge on any atom is -0.401 e. The van der Waals surface area contributed by atoms with Crippen LogP contribution in [-0.4, -0.2) is 21.5 Å². The molecule has 98 valence electrons. The quantitative estimate of drug-likeness (QED) is 0.484. The third kappa shape index (κ3) is 3.06. The van der Waals surface area contributed by atoms with Gasteiger partial charge in [0.1, 0.15) is 5.56 Å². The minimum atomic E-state index is -5.00. The Morgan fingerprint density at radius 3 is 2.50 bits per heavy atom. The van der Waals surface area contributed by atoms with Crippen LogP contribution in [-0.2, 0) is 0 Å². The van der Waals surface area contributed by atoms with Gasteiger partial charge in [-0.3, -0.25) is 4.79 Å². The van der Waals surface area contributed by atoms with Crippen LogP contribution >= 0.6 is 11.6 Å². The van der Waals surface area contributed by atoms with Crippen molar-refractivity contribution in [2.24, 2.45) is 0 Å². The van der Waals surface area contributed by atoms with Gasteiger partial charge in [-0.1, -0.05) is 0 Å². The Morgan fingerprint density at radius 1 is 1.56 bits per heavy atom. The van der Waals surface area contributed by atoms with Crippen molar-refractivity contribution in [3.8, 4) is 5.75 Å². The summed E-state index contributed by atoms with van der Waals surface area (Å²) in [6.07, 6.45) is -4.50. The van der Waals surface area contributed by atoms with E-state index in [1.165, 1.54) is 0 Å². The van der Waals surface area contributed by atoms with Gasteiger partial charge in [0.25, 0.3) is 5.24 Å². The van der Waals surface area contributed by atoms with E-state index in [0.29, 0.717) is 6.20 Å². The lowest BCUT2D eigenvalue weighted by Gasteiger charge is -2.11. The molecule has 0 aromatic carbocycles. The summed E-state index contributed by atoms with van der Waals surface area (Å²) in [7, 11) is 0. The summed E-state index contributed by atoms with van der Waals surface area (Å²) in [6.45, 7) is 1.03. The number of aromatic nitrogens is 1. The summed E-state index contributed by atoms with van der Waals surface area (Å²) in [4.78, 5) is 23.6. The predicted octanol–water partition coefficient (Wildman–Crippen LogP) is 2.58. The Balaban J connectivity index is 3.40. The van der Waals surface area contributed by atoms with Crippen molar-refractivity contribution in [3.05, 3.63) is 27.4 Å². The van der Waals surface area contributed by atoms with E-state index in [9.17, 15) is 28.1 Å². The number of carbonyl (C=O) groups is 1. The molecule has 0 atom stereocenters. The first kappa shape index (κ1) is 14.2. The maximum atomic E-state index is 12.0. The summed E-state index contributed by atoms with van der Waals surface area (Å²) < 4.78 is 39.6.